The van der Waals surface area contributed by atoms with Crippen molar-refractivity contribution in [3.05, 3.63) is 59.2 Å². The van der Waals surface area contributed by atoms with Gasteiger partial charge >= 0.3 is 5.97 Å². The van der Waals surface area contributed by atoms with Crippen LogP contribution in [0.3, 0.4) is 0 Å². The second-order valence-electron chi connectivity index (χ2n) is 7.65. The van der Waals surface area contributed by atoms with E-state index in [-0.39, 0.29) is 16.4 Å². The van der Waals surface area contributed by atoms with Crippen LogP contribution in [0.5, 0.6) is 5.75 Å². The number of hydrogen-bond donors (Lipinski definition) is 2. The highest BCUT2D eigenvalue weighted by Gasteiger charge is 2.43. The lowest BCUT2D eigenvalue weighted by Crippen LogP contribution is -2.48. The average molecular weight is 404 g/mol. The zero-order valence-electron chi connectivity index (χ0n) is 16.4. The van der Waals surface area contributed by atoms with Gasteiger partial charge in [0.2, 0.25) is 10.0 Å². The van der Waals surface area contributed by atoms with E-state index >= 15 is 0 Å². The number of benzene rings is 2. The number of nitrogens with one attached hydrogen (secondary N) is 1. The highest BCUT2D eigenvalue weighted by atomic mass is 32.2. The molecule has 1 aliphatic rings. The second kappa shape index (κ2) is 7.22. The van der Waals surface area contributed by atoms with Gasteiger partial charge in [-0.3, -0.25) is 0 Å². The van der Waals surface area contributed by atoms with Gasteiger partial charge in [-0.05, 0) is 56.2 Å². The molecule has 28 heavy (non-hydrogen) atoms. The molecule has 2 atom stereocenters. The van der Waals surface area contributed by atoms with Crippen molar-refractivity contribution < 1.29 is 23.1 Å². The third-order valence-corrected chi connectivity index (χ3v) is 6.94. The molecular formula is C21H25NO5S. The van der Waals surface area contributed by atoms with Crippen LogP contribution in [0, 0.1) is 5.92 Å². The molecule has 6 nitrogen and oxygen atoms in total. The molecule has 1 aliphatic heterocycles. The summed E-state index contributed by atoms with van der Waals surface area (Å²) in [6.07, 6.45) is 0.824. The van der Waals surface area contributed by atoms with E-state index in [0.717, 1.165) is 12.0 Å². The normalized spacial score (nSPS) is 20.9. The summed E-state index contributed by atoms with van der Waals surface area (Å²) in [4.78, 5) is 11.6. The number of rotatable bonds is 5. The van der Waals surface area contributed by atoms with Crippen LogP contribution in [0.2, 0.25) is 0 Å². The first-order valence-electron chi connectivity index (χ1n) is 9.22. The maximum Gasteiger partial charge on any atom is 0.335 e. The molecule has 0 aliphatic carbocycles. The lowest BCUT2D eigenvalue weighted by molar-refractivity contribution is 0.0167. The first-order chi connectivity index (χ1) is 13.0. The summed E-state index contributed by atoms with van der Waals surface area (Å²) in [6, 6.07) is 10.7. The van der Waals surface area contributed by atoms with Gasteiger partial charge in [0.15, 0.2) is 0 Å². The van der Waals surface area contributed by atoms with E-state index in [9.17, 15) is 18.3 Å². The van der Waals surface area contributed by atoms with E-state index < -0.39 is 27.6 Å². The fourth-order valence-electron chi connectivity index (χ4n) is 3.37. The molecule has 0 radical (unpaired) electrons. The van der Waals surface area contributed by atoms with E-state index in [1.54, 1.807) is 30.3 Å². The number of fused-ring (bicyclic) bond motifs is 1. The van der Waals surface area contributed by atoms with Crippen LogP contribution in [-0.4, -0.2) is 25.1 Å². The van der Waals surface area contributed by atoms with Crippen molar-refractivity contribution in [2.45, 2.75) is 50.7 Å². The Labute approximate surface area is 165 Å². The SMILES string of the molecule is CCc1ccc(S(=O)(=O)N[C@@H]2c3cc(C(=O)O)ccc3OC(C)(C)[C@H]2C)cc1. The molecule has 0 fully saturated rings. The fourth-order valence-corrected chi connectivity index (χ4v) is 4.67. The van der Waals surface area contributed by atoms with Gasteiger partial charge in [-0.25, -0.2) is 17.9 Å². The summed E-state index contributed by atoms with van der Waals surface area (Å²) in [5, 5.41) is 9.32. The van der Waals surface area contributed by atoms with Crippen molar-refractivity contribution in [2.75, 3.05) is 0 Å². The summed E-state index contributed by atoms with van der Waals surface area (Å²) >= 11 is 0. The first-order valence-corrected chi connectivity index (χ1v) is 10.7. The number of aromatic carboxylic acids is 1. The Morgan fingerprint density at radius 1 is 1.18 bits per heavy atom. The standard InChI is InChI=1S/C21H25NO5S/c1-5-14-6-9-16(10-7-14)28(25,26)22-19-13(2)21(3,4)27-18-11-8-15(20(23)24)12-17(18)19/h6-13,19,22H,5H2,1-4H3,(H,23,24)/t13-,19-/m0/s1. The minimum absolute atomic E-state index is 0.0887. The molecule has 0 unspecified atom stereocenters. The summed E-state index contributed by atoms with van der Waals surface area (Å²) in [7, 11) is -3.80. The monoisotopic (exact) mass is 403 g/mol. The number of sulfonamides is 1. The molecule has 0 saturated carbocycles. The molecule has 0 amide bonds. The summed E-state index contributed by atoms with van der Waals surface area (Å²) < 4.78 is 34.8. The van der Waals surface area contributed by atoms with E-state index in [0.29, 0.717) is 11.3 Å². The third kappa shape index (κ3) is 3.77. The molecule has 7 heteroatoms. The molecular weight excluding hydrogens is 378 g/mol. The summed E-state index contributed by atoms with van der Waals surface area (Å²) in [5.41, 5.74) is 1.04. The van der Waals surface area contributed by atoms with Gasteiger partial charge in [-0.15, -0.1) is 0 Å². The van der Waals surface area contributed by atoms with Crippen molar-refractivity contribution in [3.63, 3.8) is 0 Å². The molecule has 1 heterocycles. The van der Waals surface area contributed by atoms with Gasteiger partial charge in [0, 0.05) is 11.5 Å². The largest absolute Gasteiger partial charge is 0.487 e. The maximum absolute atomic E-state index is 13.0. The van der Waals surface area contributed by atoms with E-state index in [1.807, 2.05) is 27.7 Å². The van der Waals surface area contributed by atoms with Crippen molar-refractivity contribution in [3.8, 4) is 5.75 Å². The summed E-state index contributed by atoms with van der Waals surface area (Å²) in [5.74, 6) is -0.812. The smallest absolute Gasteiger partial charge is 0.335 e. The molecule has 2 aromatic rings. The molecule has 2 N–H and O–H groups in total. The van der Waals surface area contributed by atoms with Crippen LogP contribution in [0.25, 0.3) is 0 Å². The van der Waals surface area contributed by atoms with Crippen LogP contribution in [-0.2, 0) is 16.4 Å². The number of aryl methyl sites for hydroxylation is 1. The van der Waals surface area contributed by atoms with E-state index in [4.69, 9.17) is 4.74 Å². The van der Waals surface area contributed by atoms with Crippen LogP contribution in [0.1, 0.15) is 55.2 Å². The second-order valence-corrected chi connectivity index (χ2v) is 9.36. The fraction of sp³-hybridized carbons (Fsp3) is 0.381. The van der Waals surface area contributed by atoms with Gasteiger partial charge in [-0.1, -0.05) is 26.0 Å². The van der Waals surface area contributed by atoms with Crippen LogP contribution in [0.4, 0.5) is 0 Å². The minimum atomic E-state index is -3.80. The molecule has 150 valence electrons. The zero-order chi connectivity index (χ0) is 20.7. The quantitative estimate of drug-likeness (QED) is 0.793. The number of carboxylic acid groups (broad SMARTS) is 1. The maximum atomic E-state index is 13.0. The van der Waals surface area contributed by atoms with E-state index in [2.05, 4.69) is 4.72 Å². The molecule has 0 spiro atoms. The molecule has 0 aromatic heterocycles. The van der Waals surface area contributed by atoms with Gasteiger partial charge in [0.05, 0.1) is 16.5 Å². The number of carboxylic acids is 1. The topological polar surface area (TPSA) is 92.7 Å². The average Bonchev–Trinajstić information content (AvgIpc) is 2.65. The summed E-state index contributed by atoms with van der Waals surface area (Å²) in [6.45, 7) is 7.68. The Morgan fingerprint density at radius 3 is 2.39 bits per heavy atom. The number of ether oxygens (including phenoxy) is 1. The van der Waals surface area contributed by atoms with Gasteiger partial charge in [-0.2, -0.15) is 0 Å². The third-order valence-electron chi connectivity index (χ3n) is 5.49. The van der Waals surface area contributed by atoms with Gasteiger partial charge in [0.1, 0.15) is 11.4 Å². The van der Waals surface area contributed by atoms with Crippen LogP contribution in [0.15, 0.2) is 47.4 Å². The van der Waals surface area contributed by atoms with Crippen molar-refractivity contribution in [1.82, 2.24) is 4.72 Å². The first kappa shape index (κ1) is 20.4. The minimum Gasteiger partial charge on any atom is -0.487 e. The Kier molecular flexibility index (Phi) is 5.25. The van der Waals surface area contributed by atoms with Crippen LogP contribution < -0.4 is 9.46 Å². The Hall–Kier alpha value is -2.38. The van der Waals surface area contributed by atoms with Gasteiger partial charge in [0.25, 0.3) is 0 Å². The molecule has 2 aromatic carbocycles. The van der Waals surface area contributed by atoms with Crippen molar-refractivity contribution in [2.24, 2.45) is 5.92 Å². The van der Waals surface area contributed by atoms with Crippen LogP contribution >= 0.6 is 0 Å². The lowest BCUT2D eigenvalue weighted by Gasteiger charge is -2.43. The number of hydrogen-bond acceptors (Lipinski definition) is 4. The molecule has 0 bridgehead atoms. The van der Waals surface area contributed by atoms with E-state index in [1.165, 1.54) is 12.1 Å². The van der Waals surface area contributed by atoms with Crippen molar-refractivity contribution >= 4 is 16.0 Å². The highest BCUT2D eigenvalue weighted by molar-refractivity contribution is 7.89. The predicted octanol–water partition coefficient (Wildman–Crippen LogP) is 3.77. The number of carbonyl (C=O) groups is 1. The highest BCUT2D eigenvalue weighted by Crippen LogP contribution is 2.44. The Bertz CT molecular complexity index is 996. The Morgan fingerprint density at radius 2 is 1.82 bits per heavy atom. The molecule has 3 rings (SSSR count). The van der Waals surface area contributed by atoms with Gasteiger partial charge < -0.3 is 9.84 Å². The zero-order valence-corrected chi connectivity index (χ0v) is 17.2. The predicted molar refractivity (Wildman–Crippen MR) is 106 cm³/mol. The molecule has 0 saturated heterocycles. The Balaban J connectivity index is 2.04. The van der Waals surface area contributed by atoms with Crippen molar-refractivity contribution in [1.29, 1.82) is 0 Å². The lowest BCUT2D eigenvalue weighted by atomic mass is 9.80.